The molecule has 0 saturated heterocycles. The molecule has 0 atom stereocenters. The van der Waals surface area contributed by atoms with Crippen molar-refractivity contribution in [3.8, 4) is 0 Å². The van der Waals surface area contributed by atoms with Crippen LogP contribution in [0.3, 0.4) is 0 Å². The number of hydrogen-bond donors (Lipinski definition) is 1. The molecule has 0 spiro atoms. The lowest BCUT2D eigenvalue weighted by Gasteiger charge is -2.20. The minimum atomic E-state index is -0.438. The summed E-state index contributed by atoms with van der Waals surface area (Å²) in [6, 6.07) is 14.3. The van der Waals surface area contributed by atoms with Crippen molar-refractivity contribution in [3.63, 3.8) is 0 Å². The number of amides is 1. The van der Waals surface area contributed by atoms with Crippen LogP contribution in [0.5, 0.6) is 0 Å². The quantitative estimate of drug-likeness (QED) is 0.600. The van der Waals surface area contributed by atoms with E-state index in [0.717, 1.165) is 33.5 Å². The predicted molar refractivity (Wildman–Crippen MR) is 123 cm³/mol. The average Bonchev–Trinajstić information content (AvgIpc) is 3.34. The largest absolute Gasteiger partial charge is 0.342 e. The van der Waals surface area contributed by atoms with E-state index in [1.54, 1.807) is 18.2 Å². The van der Waals surface area contributed by atoms with Gasteiger partial charge in [-0.25, -0.2) is 4.39 Å². The van der Waals surface area contributed by atoms with Gasteiger partial charge in [0.2, 0.25) is 5.17 Å². The Balaban J connectivity index is 1.56. The van der Waals surface area contributed by atoms with E-state index in [0.29, 0.717) is 11.7 Å². The van der Waals surface area contributed by atoms with Crippen molar-refractivity contribution in [3.05, 3.63) is 77.2 Å². The molecule has 1 amide bonds. The van der Waals surface area contributed by atoms with Crippen LogP contribution in [0.1, 0.15) is 24.5 Å². The van der Waals surface area contributed by atoms with Crippen LogP contribution in [-0.4, -0.2) is 31.5 Å². The lowest BCUT2D eigenvalue weighted by molar-refractivity contribution is -0.114. The molecule has 0 bridgehead atoms. The molecule has 2 aliphatic heterocycles. The van der Waals surface area contributed by atoms with Crippen molar-refractivity contribution in [2.75, 3.05) is 0 Å². The van der Waals surface area contributed by atoms with Gasteiger partial charge in [0.05, 0.1) is 5.57 Å². The van der Waals surface area contributed by atoms with Crippen LogP contribution in [0, 0.1) is 11.2 Å². The van der Waals surface area contributed by atoms with E-state index in [9.17, 15) is 9.18 Å². The van der Waals surface area contributed by atoms with E-state index in [1.807, 2.05) is 37.4 Å². The minimum Gasteiger partial charge on any atom is -0.342 e. The molecule has 2 aliphatic rings. The van der Waals surface area contributed by atoms with Crippen LogP contribution >= 0.6 is 11.8 Å². The van der Waals surface area contributed by atoms with Gasteiger partial charge in [0.25, 0.3) is 5.91 Å². The van der Waals surface area contributed by atoms with Crippen LogP contribution in [0.25, 0.3) is 17.0 Å². The van der Waals surface area contributed by atoms with Crippen molar-refractivity contribution in [1.29, 1.82) is 5.41 Å². The first-order valence-corrected chi connectivity index (χ1v) is 10.7. The summed E-state index contributed by atoms with van der Waals surface area (Å²) in [5.74, 6) is -0.678. The van der Waals surface area contributed by atoms with Gasteiger partial charge in [0, 0.05) is 29.2 Å². The lowest BCUT2D eigenvalue weighted by atomic mass is 10.1. The number of hydrogen-bond acceptors (Lipinski definition) is 4. The Hall–Kier alpha value is -3.52. The minimum absolute atomic E-state index is 0.0290. The zero-order valence-corrected chi connectivity index (χ0v) is 17.5. The molecule has 1 aromatic heterocycles. The van der Waals surface area contributed by atoms with E-state index in [1.165, 1.54) is 28.9 Å². The molecular formula is C23H18FN5OS. The molecule has 8 heteroatoms. The first-order chi connectivity index (χ1) is 15.0. The highest BCUT2D eigenvalue weighted by Gasteiger charge is 2.35. The number of nitrogens with one attached hydrogen (secondary N) is 1. The Labute approximate surface area is 182 Å². The highest BCUT2D eigenvalue weighted by molar-refractivity contribution is 8.26. The number of carbonyl (C=O) groups is 1. The van der Waals surface area contributed by atoms with Crippen molar-refractivity contribution < 1.29 is 9.18 Å². The second-order valence-corrected chi connectivity index (χ2v) is 8.26. The zero-order chi connectivity index (χ0) is 21.5. The average molecular weight is 431 g/mol. The molecule has 6 nitrogen and oxygen atoms in total. The van der Waals surface area contributed by atoms with Gasteiger partial charge in [-0.3, -0.25) is 10.2 Å². The number of fused-ring (bicyclic) bond motifs is 2. The smallest absolute Gasteiger partial charge is 0.283 e. The SMILES string of the molecule is CCC1=NN2C(=N)C(=Cc3cn(Cc4ccc(F)cc4)c4ccccc34)C(=O)N=C2S1. The monoisotopic (exact) mass is 431 g/mol. The van der Waals surface area contributed by atoms with Gasteiger partial charge in [-0.15, -0.1) is 0 Å². The standard InChI is InChI=1S/C23H18FN5OS/c1-2-20-27-29-21(25)18(22(30)26-23(29)31-20)11-15-13-28(19-6-4-3-5-17(15)19)12-14-7-9-16(24)10-8-14/h3-11,13,25H,2,12H2,1H3. The number of rotatable bonds is 4. The number of carbonyl (C=O) groups excluding carboxylic acids is 1. The van der Waals surface area contributed by atoms with Gasteiger partial charge in [0.15, 0.2) is 5.84 Å². The Kier molecular flexibility index (Phi) is 4.78. The Morgan fingerprint density at radius 1 is 1.16 bits per heavy atom. The number of aromatic nitrogens is 1. The van der Waals surface area contributed by atoms with Gasteiger partial charge in [0.1, 0.15) is 10.9 Å². The van der Waals surface area contributed by atoms with Crippen molar-refractivity contribution >= 4 is 50.7 Å². The van der Waals surface area contributed by atoms with E-state index >= 15 is 0 Å². The van der Waals surface area contributed by atoms with E-state index in [-0.39, 0.29) is 17.2 Å². The van der Waals surface area contributed by atoms with Crippen molar-refractivity contribution in [1.82, 2.24) is 9.58 Å². The van der Waals surface area contributed by atoms with E-state index < -0.39 is 5.91 Å². The summed E-state index contributed by atoms with van der Waals surface area (Å²) < 4.78 is 15.3. The second kappa shape index (κ2) is 7.63. The molecule has 2 aromatic carbocycles. The number of para-hydroxylation sites is 1. The number of nitrogens with zero attached hydrogens (tertiary/aromatic N) is 4. The number of benzene rings is 2. The fraction of sp³-hybridized carbons (Fsp3) is 0.130. The van der Waals surface area contributed by atoms with E-state index in [4.69, 9.17) is 5.41 Å². The number of thioether (sulfide) groups is 1. The molecule has 3 aromatic rings. The summed E-state index contributed by atoms with van der Waals surface area (Å²) in [5, 5.41) is 16.6. The fourth-order valence-corrected chi connectivity index (χ4v) is 4.46. The Morgan fingerprint density at radius 3 is 2.71 bits per heavy atom. The van der Waals surface area contributed by atoms with Crippen molar-refractivity contribution in [2.45, 2.75) is 19.9 Å². The molecule has 3 heterocycles. The van der Waals surface area contributed by atoms with Gasteiger partial charge in [-0.2, -0.15) is 15.1 Å². The molecule has 0 unspecified atom stereocenters. The predicted octanol–water partition coefficient (Wildman–Crippen LogP) is 4.86. The van der Waals surface area contributed by atoms with E-state index in [2.05, 4.69) is 14.7 Å². The third kappa shape index (κ3) is 3.48. The van der Waals surface area contributed by atoms with Gasteiger partial charge < -0.3 is 4.57 Å². The normalized spacial score (nSPS) is 17.4. The number of amidine groups is 2. The third-order valence-corrected chi connectivity index (χ3v) is 6.24. The maximum Gasteiger partial charge on any atom is 0.283 e. The van der Waals surface area contributed by atoms with Crippen LogP contribution < -0.4 is 0 Å². The second-order valence-electron chi connectivity index (χ2n) is 7.22. The first kappa shape index (κ1) is 19.4. The summed E-state index contributed by atoms with van der Waals surface area (Å²) in [5.41, 5.74) is 2.97. The molecular weight excluding hydrogens is 413 g/mol. The maximum absolute atomic E-state index is 13.3. The van der Waals surface area contributed by atoms with Crippen LogP contribution in [0.2, 0.25) is 0 Å². The fourth-order valence-electron chi connectivity index (χ4n) is 3.64. The highest BCUT2D eigenvalue weighted by Crippen LogP contribution is 2.31. The number of hydrazone groups is 1. The van der Waals surface area contributed by atoms with Gasteiger partial charge in [-0.1, -0.05) is 37.3 Å². The summed E-state index contributed by atoms with van der Waals surface area (Å²) in [6.07, 6.45) is 4.37. The molecule has 0 fully saturated rings. The number of halogens is 1. The molecule has 5 rings (SSSR count). The third-order valence-electron chi connectivity index (χ3n) is 5.18. The summed E-state index contributed by atoms with van der Waals surface area (Å²) in [7, 11) is 0. The molecule has 0 radical (unpaired) electrons. The number of aliphatic imine (C=N–C) groups is 1. The molecule has 31 heavy (non-hydrogen) atoms. The molecule has 0 aliphatic carbocycles. The highest BCUT2D eigenvalue weighted by atomic mass is 32.2. The summed E-state index contributed by atoms with van der Waals surface area (Å²) in [6.45, 7) is 2.54. The molecule has 0 saturated carbocycles. The first-order valence-electron chi connectivity index (χ1n) is 9.85. The van der Waals surface area contributed by atoms with Crippen LogP contribution in [0.4, 0.5) is 4.39 Å². The molecule has 1 N–H and O–H groups in total. The van der Waals surface area contributed by atoms with Gasteiger partial charge in [-0.05, 0) is 48.0 Å². The van der Waals surface area contributed by atoms with Crippen LogP contribution in [-0.2, 0) is 11.3 Å². The topological polar surface area (TPSA) is 73.8 Å². The summed E-state index contributed by atoms with van der Waals surface area (Å²) in [4.78, 5) is 16.8. The Morgan fingerprint density at radius 2 is 1.94 bits per heavy atom. The molecule has 154 valence electrons. The zero-order valence-electron chi connectivity index (χ0n) is 16.7. The lowest BCUT2D eigenvalue weighted by Crippen LogP contribution is -2.35. The van der Waals surface area contributed by atoms with Crippen LogP contribution in [0.15, 0.2) is 70.4 Å². The van der Waals surface area contributed by atoms with Gasteiger partial charge >= 0.3 is 0 Å². The Bertz CT molecular complexity index is 1320. The summed E-state index contributed by atoms with van der Waals surface area (Å²) >= 11 is 1.33. The van der Waals surface area contributed by atoms with Crippen molar-refractivity contribution in [2.24, 2.45) is 10.1 Å². The maximum atomic E-state index is 13.3.